The summed E-state index contributed by atoms with van der Waals surface area (Å²) >= 11 is 0. The van der Waals surface area contributed by atoms with Crippen molar-refractivity contribution in [3.8, 4) is 0 Å². The summed E-state index contributed by atoms with van der Waals surface area (Å²) in [4.78, 5) is 24.8. The highest BCUT2D eigenvalue weighted by Crippen LogP contribution is 2.40. The van der Waals surface area contributed by atoms with E-state index >= 15 is 0 Å². The molecule has 2 saturated heterocycles. The van der Waals surface area contributed by atoms with Gasteiger partial charge in [0.2, 0.25) is 0 Å². The fraction of sp³-hybridized carbons (Fsp3) is 0.364. The molecule has 0 spiro atoms. The summed E-state index contributed by atoms with van der Waals surface area (Å²) in [5.41, 5.74) is 1.90. The van der Waals surface area contributed by atoms with E-state index < -0.39 is 30.8 Å². The van der Waals surface area contributed by atoms with Crippen LogP contribution in [0.1, 0.15) is 18.7 Å². The molecule has 2 unspecified atom stereocenters. The molecule has 2 aliphatic rings. The quantitative estimate of drug-likeness (QED) is 0.515. The van der Waals surface area contributed by atoms with Crippen molar-refractivity contribution < 1.29 is 24.1 Å². The number of fused-ring (bicyclic) bond motifs is 2. The maximum absolute atomic E-state index is 11.9. The number of aliphatic hydroxyl groups excluding tert-OH is 1. The minimum Gasteiger partial charge on any atom is -0.394 e. The lowest BCUT2D eigenvalue weighted by Crippen LogP contribution is -2.30. The third-order valence-corrected chi connectivity index (χ3v) is 5.50. The van der Waals surface area contributed by atoms with E-state index in [1.807, 2.05) is 49.4 Å². The van der Waals surface area contributed by atoms with Gasteiger partial charge in [0.05, 0.1) is 12.9 Å². The third-order valence-electron chi connectivity index (χ3n) is 5.50. The number of nitrogens with one attached hydrogen (secondary N) is 2. The van der Waals surface area contributed by atoms with Crippen LogP contribution in [-0.2, 0) is 14.2 Å². The summed E-state index contributed by atoms with van der Waals surface area (Å²) < 4.78 is 19.9. The van der Waals surface area contributed by atoms with E-state index in [0.29, 0.717) is 17.7 Å². The van der Waals surface area contributed by atoms with Gasteiger partial charge in [-0.2, -0.15) is 0 Å². The number of aliphatic hydroxyl groups is 1. The monoisotopic (exact) mass is 452 g/mol. The molecule has 5 rings (SSSR count). The molecule has 0 radical (unpaired) electrons. The van der Waals surface area contributed by atoms with Crippen molar-refractivity contribution in [3.05, 3.63) is 54.6 Å². The number of hydrogen-bond donors (Lipinski definition) is 3. The van der Waals surface area contributed by atoms with Crippen molar-refractivity contribution >= 4 is 29.1 Å². The number of anilines is 1. The number of hydrogen-bond acceptors (Lipinski definition) is 8. The van der Waals surface area contributed by atoms with Gasteiger partial charge >= 0.3 is 6.03 Å². The molecule has 11 heteroatoms. The SMILES string of the molecule is CCNC(=O)Nc1ncnc2c1ncn2[C@@H]1O[C@H](CO)C2O[C@H](/C=C/c3ccccc3)OC21. The molecule has 1 aromatic carbocycles. The second-order valence-electron chi connectivity index (χ2n) is 7.62. The third kappa shape index (κ3) is 4.18. The number of rotatable bonds is 6. The first-order chi connectivity index (χ1) is 16.2. The Morgan fingerprint density at radius 2 is 1.97 bits per heavy atom. The Hall–Kier alpha value is -3.38. The first-order valence-corrected chi connectivity index (χ1v) is 10.7. The van der Waals surface area contributed by atoms with Crippen LogP contribution >= 0.6 is 0 Å². The Kier molecular flexibility index (Phi) is 6.01. The van der Waals surface area contributed by atoms with E-state index in [0.717, 1.165) is 5.56 Å². The molecule has 5 atom stereocenters. The summed E-state index contributed by atoms with van der Waals surface area (Å²) in [6.07, 6.45) is 3.94. The van der Waals surface area contributed by atoms with Crippen LogP contribution in [0.4, 0.5) is 10.6 Å². The largest absolute Gasteiger partial charge is 0.394 e. The van der Waals surface area contributed by atoms with Gasteiger partial charge in [-0.1, -0.05) is 36.4 Å². The Morgan fingerprint density at radius 3 is 2.76 bits per heavy atom. The standard InChI is InChI=1S/C22H24N6O5/c1-2-23-22(30)27-19-16-20(25-11-24-19)28(12-26-16)21-18-17(14(10-29)31-21)32-15(33-18)9-8-13-6-4-3-5-7-13/h3-9,11-12,14-15,17-18,21,29H,2,10H2,1H3,(H2,23,24,25,27,30)/b9-8+/t14-,15+,17?,18?,21-/m1/s1. The molecule has 0 saturated carbocycles. The van der Waals surface area contributed by atoms with Crippen molar-refractivity contribution in [2.24, 2.45) is 0 Å². The second-order valence-corrected chi connectivity index (χ2v) is 7.62. The van der Waals surface area contributed by atoms with Crippen molar-refractivity contribution in [3.63, 3.8) is 0 Å². The molecule has 3 N–H and O–H groups in total. The number of amides is 2. The fourth-order valence-corrected chi connectivity index (χ4v) is 4.02. The minimum atomic E-state index is -0.625. The number of nitrogens with zero attached hydrogens (tertiary/aromatic N) is 4. The lowest BCUT2D eigenvalue weighted by atomic mass is 10.1. The number of imidazole rings is 1. The Labute approximate surface area is 189 Å². The highest BCUT2D eigenvalue weighted by Gasteiger charge is 2.53. The van der Waals surface area contributed by atoms with Gasteiger partial charge in [-0.05, 0) is 18.6 Å². The van der Waals surface area contributed by atoms with Gasteiger partial charge in [0, 0.05) is 6.54 Å². The number of carbonyl (C=O) groups excluding carboxylic acids is 1. The number of ether oxygens (including phenoxy) is 3. The number of aromatic nitrogens is 4. The van der Waals surface area contributed by atoms with E-state index in [4.69, 9.17) is 14.2 Å². The molecule has 2 aromatic heterocycles. The average Bonchev–Trinajstić information content (AvgIpc) is 3.52. The summed E-state index contributed by atoms with van der Waals surface area (Å²) in [7, 11) is 0. The van der Waals surface area contributed by atoms with Crippen molar-refractivity contribution in [2.45, 2.75) is 37.8 Å². The highest BCUT2D eigenvalue weighted by atomic mass is 16.8. The zero-order chi connectivity index (χ0) is 22.8. The lowest BCUT2D eigenvalue weighted by molar-refractivity contribution is -0.133. The van der Waals surface area contributed by atoms with Gasteiger partial charge in [-0.25, -0.2) is 19.7 Å². The molecule has 4 heterocycles. The van der Waals surface area contributed by atoms with Crippen LogP contribution in [0, 0.1) is 0 Å². The maximum Gasteiger partial charge on any atom is 0.320 e. The fourth-order valence-electron chi connectivity index (χ4n) is 4.02. The molecule has 2 fully saturated rings. The van der Waals surface area contributed by atoms with E-state index in [1.165, 1.54) is 6.33 Å². The summed E-state index contributed by atoms with van der Waals surface area (Å²) in [5, 5.41) is 15.2. The van der Waals surface area contributed by atoms with E-state index in [-0.39, 0.29) is 18.5 Å². The van der Waals surface area contributed by atoms with Crippen LogP contribution in [0.2, 0.25) is 0 Å². The highest BCUT2D eigenvalue weighted by molar-refractivity contribution is 5.95. The molecular formula is C22H24N6O5. The van der Waals surface area contributed by atoms with Crippen LogP contribution < -0.4 is 10.6 Å². The summed E-state index contributed by atoms with van der Waals surface area (Å²) in [6, 6.07) is 9.45. The molecule has 172 valence electrons. The summed E-state index contributed by atoms with van der Waals surface area (Å²) in [5.74, 6) is 0.283. The maximum atomic E-state index is 11.9. The molecule has 11 nitrogen and oxygen atoms in total. The van der Waals surface area contributed by atoms with Crippen molar-refractivity contribution in [1.29, 1.82) is 0 Å². The Balaban J connectivity index is 1.39. The van der Waals surface area contributed by atoms with Gasteiger partial charge in [0.1, 0.15) is 24.6 Å². The Morgan fingerprint density at radius 1 is 1.15 bits per heavy atom. The van der Waals surface area contributed by atoms with Gasteiger partial charge in [-0.15, -0.1) is 0 Å². The molecular weight excluding hydrogens is 428 g/mol. The van der Waals surface area contributed by atoms with Crippen LogP contribution in [0.15, 0.2) is 49.1 Å². The number of carbonyl (C=O) groups is 1. The molecule has 0 aliphatic carbocycles. The Bertz CT molecular complexity index is 1150. The summed E-state index contributed by atoms with van der Waals surface area (Å²) in [6.45, 7) is 2.08. The van der Waals surface area contributed by atoms with Gasteiger partial charge < -0.3 is 24.6 Å². The predicted octanol–water partition coefficient (Wildman–Crippen LogP) is 1.68. The van der Waals surface area contributed by atoms with E-state index in [1.54, 1.807) is 10.9 Å². The van der Waals surface area contributed by atoms with Gasteiger partial charge in [0.15, 0.2) is 29.5 Å². The topological polar surface area (TPSA) is 133 Å². The zero-order valence-corrected chi connectivity index (χ0v) is 17.9. The lowest BCUT2D eigenvalue weighted by Gasteiger charge is -2.19. The molecule has 2 aliphatic heterocycles. The average molecular weight is 452 g/mol. The second kappa shape index (κ2) is 9.24. The predicted molar refractivity (Wildman–Crippen MR) is 118 cm³/mol. The first-order valence-electron chi connectivity index (χ1n) is 10.7. The number of benzene rings is 1. The normalized spacial score (nSPS) is 26.7. The van der Waals surface area contributed by atoms with Crippen LogP contribution in [0.5, 0.6) is 0 Å². The van der Waals surface area contributed by atoms with Crippen molar-refractivity contribution in [2.75, 3.05) is 18.5 Å². The molecule has 0 bridgehead atoms. The molecule has 33 heavy (non-hydrogen) atoms. The molecule has 2 amide bonds. The minimum absolute atomic E-state index is 0.220. The smallest absolute Gasteiger partial charge is 0.320 e. The van der Waals surface area contributed by atoms with Gasteiger partial charge in [-0.3, -0.25) is 9.88 Å². The van der Waals surface area contributed by atoms with Gasteiger partial charge in [0.25, 0.3) is 0 Å². The molecule has 3 aromatic rings. The first kappa shape index (κ1) is 21.5. The van der Waals surface area contributed by atoms with Crippen LogP contribution in [0.3, 0.4) is 0 Å². The number of urea groups is 1. The van der Waals surface area contributed by atoms with E-state index in [2.05, 4.69) is 25.6 Å². The van der Waals surface area contributed by atoms with Crippen molar-refractivity contribution in [1.82, 2.24) is 24.8 Å². The van der Waals surface area contributed by atoms with Crippen LogP contribution in [0.25, 0.3) is 17.2 Å². The van der Waals surface area contributed by atoms with E-state index in [9.17, 15) is 9.90 Å². The van der Waals surface area contributed by atoms with Crippen LogP contribution in [-0.4, -0.2) is 68.4 Å². The zero-order valence-electron chi connectivity index (χ0n) is 17.9.